The molecule has 4 heterocycles. The third-order valence-electron chi connectivity index (χ3n) is 8.22. The lowest BCUT2D eigenvalue weighted by Gasteiger charge is -2.51. The SMILES string of the molecule is N=C1NC2C(CN3C(=O)c4ccccc4C3=O)NC(=N)N3C[C@H](OC(=O)c4cc(C(F)(F)F)ccc4C(F)(F)F)C(O)(O)C23N1. The molecule has 2 aromatic rings. The van der Waals surface area contributed by atoms with Gasteiger partial charge in [-0.05, 0) is 30.3 Å². The number of benzene rings is 2. The monoisotopic (exact) mass is 641 g/mol. The first-order chi connectivity index (χ1) is 20.9. The maximum Gasteiger partial charge on any atom is 0.417 e. The van der Waals surface area contributed by atoms with Gasteiger partial charge in [0.05, 0.1) is 53.0 Å². The summed E-state index contributed by atoms with van der Waals surface area (Å²) in [4.78, 5) is 40.7. The molecule has 6 rings (SSSR count). The van der Waals surface area contributed by atoms with Gasteiger partial charge in [0, 0.05) is 0 Å². The largest absolute Gasteiger partial charge is 0.451 e. The Morgan fingerprint density at radius 1 is 0.978 bits per heavy atom. The van der Waals surface area contributed by atoms with Crippen molar-refractivity contribution in [1.29, 1.82) is 10.8 Å². The summed E-state index contributed by atoms with van der Waals surface area (Å²) >= 11 is 0. The molecule has 0 bridgehead atoms. The number of hydrogen-bond acceptors (Lipinski definition) is 8. The topological polar surface area (TPSA) is 191 Å². The molecule has 3 saturated heterocycles. The Labute approximate surface area is 247 Å². The van der Waals surface area contributed by atoms with Crippen LogP contribution in [-0.2, 0) is 17.1 Å². The van der Waals surface area contributed by atoms with Gasteiger partial charge in [-0.25, -0.2) is 4.79 Å². The summed E-state index contributed by atoms with van der Waals surface area (Å²) < 4.78 is 85.8. The molecule has 3 fully saturated rings. The molecule has 4 aliphatic rings. The van der Waals surface area contributed by atoms with E-state index < -0.39 is 101 Å². The molecule has 0 saturated carbocycles. The predicted molar refractivity (Wildman–Crippen MR) is 137 cm³/mol. The average molecular weight is 641 g/mol. The Morgan fingerprint density at radius 2 is 1.60 bits per heavy atom. The van der Waals surface area contributed by atoms with Crippen molar-refractivity contribution in [1.82, 2.24) is 25.8 Å². The summed E-state index contributed by atoms with van der Waals surface area (Å²) in [6.07, 6.45) is -12.6. The quantitative estimate of drug-likeness (QED) is 0.108. The zero-order chi connectivity index (χ0) is 32.9. The molecule has 4 aliphatic heterocycles. The molecule has 7 N–H and O–H groups in total. The molecule has 0 aromatic heterocycles. The minimum absolute atomic E-state index is 0.0460. The van der Waals surface area contributed by atoms with Gasteiger partial charge in [-0.3, -0.25) is 25.3 Å². The average Bonchev–Trinajstić information content (AvgIpc) is 3.51. The van der Waals surface area contributed by atoms with Gasteiger partial charge in [-0.15, -0.1) is 0 Å². The van der Waals surface area contributed by atoms with Crippen LogP contribution in [-0.4, -0.2) is 92.4 Å². The van der Waals surface area contributed by atoms with Gasteiger partial charge in [0.1, 0.15) is 0 Å². The number of carbonyl (C=O) groups excluding carboxylic acids is 3. The van der Waals surface area contributed by atoms with Crippen molar-refractivity contribution in [2.75, 3.05) is 13.1 Å². The number of guanidine groups is 2. The smallest absolute Gasteiger partial charge is 0.417 e. The number of rotatable bonds is 4. The molecule has 19 heteroatoms. The van der Waals surface area contributed by atoms with Crippen molar-refractivity contribution in [3.05, 3.63) is 70.3 Å². The van der Waals surface area contributed by atoms with Crippen molar-refractivity contribution >= 4 is 29.7 Å². The van der Waals surface area contributed by atoms with Crippen molar-refractivity contribution in [2.24, 2.45) is 0 Å². The molecule has 4 atom stereocenters. The molecule has 238 valence electrons. The van der Waals surface area contributed by atoms with Gasteiger partial charge < -0.3 is 35.8 Å². The first-order valence-corrected chi connectivity index (χ1v) is 13.0. The summed E-state index contributed by atoms with van der Waals surface area (Å²) in [6, 6.07) is 3.48. The van der Waals surface area contributed by atoms with Crippen molar-refractivity contribution in [3.63, 3.8) is 0 Å². The Morgan fingerprint density at radius 3 is 2.18 bits per heavy atom. The summed E-state index contributed by atoms with van der Waals surface area (Å²) in [6.45, 7) is -1.25. The normalized spacial score (nSPS) is 27.0. The van der Waals surface area contributed by atoms with E-state index in [1.807, 2.05) is 0 Å². The Balaban J connectivity index is 1.32. The highest BCUT2D eigenvalue weighted by Crippen LogP contribution is 2.45. The fourth-order valence-electron chi connectivity index (χ4n) is 6.20. The fraction of sp³-hybridized carbons (Fsp3) is 0.346. The van der Waals surface area contributed by atoms with Crippen molar-refractivity contribution in [3.8, 4) is 0 Å². The molecule has 0 aliphatic carbocycles. The van der Waals surface area contributed by atoms with Gasteiger partial charge in [0.25, 0.3) is 11.8 Å². The van der Waals surface area contributed by atoms with Gasteiger partial charge in [-0.1, -0.05) is 12.1 Å². The number of amides is 2. The summed E-state index contributed by atoms with van der Waals surface area (Å²) in [5, 5.41) is 47.4. The van der Waals surface area contributed by atoms with Gasteiger partial charge >= 0.3 is 18.3 Å². The van der Waals surface area contributed by atoms with Crippen LogP contribution in [0.25, 0.3) is 0 Å². The molecule has 2 aromatic carbocycles. The number of aliphatic hydroxyl groups is 2. The van der Waals surface area contributed by atoms with E-state index in [4.69, 9.17) is 15.6 Å². The van der Waals surface area contributed by atoms with Crippen LogP contribution in [0.3, 0.4) is 0 Å². The number of ether oxygens (including phenoxy) is 1. The second kappa shape index (κ2) is 9.54. The summed E-state index contributed by atoms with van der Waals surface area (Å²) in [5.74, 6) is -7.77. The molecule has 45 heavy (non-hydrogen) atoms. The molecule has 1 spiro atoms. The molecule has 13 nitrogen and oxygen atoms in total. The Bertz CT molecular complexity index is 1640. The van der Waals surface area contributed by atoms with Crippen LogP contribution < -0.4 is 16.0 Å². The number of esters is 1. The van der Waals surface area contributed by atoms with Gasteiger partial charge in [0.15, 0.2) is 23.7 Å². The second-order valence-electron chi connectivity index (χ2n) is 10.7. The zero-order valence-corrected chi connectivity index (χ0v) is 22.4. The summed E-state index contributed by atoms with van der Waals surface area (Å²) in [7, 11) is 0. The first-order valence-electron chi connectivity index (χ1n) is 13.0. The minimum Gasteiger partial charge on any atom is -0.451 e. The number of carbonyl (C=O) groups is 3. The lowest BCUT2D eigenvalue weighted by Crippen LogP contribution is -2.81. The van der Waals surface area contributed by atoms with Crippen LogP contribution >= 0.6 is 0 Å². The maximum atomic E-state index is 13.6. The number of hydrogen-bond donors (Lipinski definition) is 7. The van der Waals surface area contributed by atoms with Crippen LogP contribution in [0.4, 0.5) is 26.3 Å². The van der Waals surface area contributed by atoms with E-state index in [2.05, 4.69) is 16.0 Å². The first kappa shape index (κ1) is 30.1. The third-order valence-corrected chi connectivity index (χ3v) is 8.22. The number of nitrogens with zero attached hydrogens (tertiary/aromatic N) is 2. The molecule has 0 radical (unpaired) electrons. The number of alkyl halides is 6. The highest BCUT2D eigenvalue weighted by Gasteiger charge is 2.75. The highest BCUT2D eigenvalue weighted by molar-refractivity contribution is 6.21. The number of imide groups is 1. The van der Waals surface area contributed by atoms with E-state index in [1.54, 1.807) is 12.1 Å². The lowest BCUT2D eigenvalue weighted by molar-refractivity contribution is -0.258. The molecule has 2 amide bonds. The zero-order valence-electron chi connectivity index (χ0n) is 22.4. The minimum atomic E-state index is -5.29. The Hall–Kier alpha value is -4.91. The van der Waals surface area contributed by atoms with Crippen molar-refractivity contribution < 1.29 is 55.7 Å². The predicted octanol–water partition coefficient (Wildman–Crippen LogP) is 0.641. The van der Waals surface area contributed by atoms with E-state index >= 15 is 0 Å². The summed E-state index contributed by atoms with van der Waals surface area (Å²) in [5.41, 5.74) is -7.05. The number of halogens is 6. The van der Waals surface area contributed by atoms with Gasteiger partial charge in [-0.2, -0.15) is 26.3 Å². The maximum absolute atomic E-state index is 13.6. The number of fused-ring (bicyclic) bond motifs is 1. The van der Waals surface area contributed by atoms with Crippen molar-refractivity contribution in [2.45, 2.75) is 42.0 Å². The van der Waals surface area contributed by atoms with E-state index in [1.165, 1.54) is 12.1 Å². The van der Waals surface area contributed by atoms with E-state index in [9.17, 15) is 50.9 Å². The van der Waals surface area contributed by atoms with Crippen LogP contribution in [0.5, 0.6) is 0 Å². The van der Waals surface area contributed by atoms with Gasteiger partial charge in [0.2, 0.25) is 5.79 Å². The molecular weight excluding hydrogens is 620 g/mol. The highest BCUT2D eigenvalue weighted by atomic mass is 19.4. The second-order valence-corrected chi connectivity index (χ2v) is 10.7. The Kier molecular flexibility index (Phi) is 6.39. The van der Waals surface area contributed by atoms with Crippen LogP contribution in [0, 0.1) is 10.8 Å². The lowest BCUT2D eigenvalue weighted by atomic mass is 9.85. The van der Waals surface area contributed by atoms with Crippen LogP contribution in [0.2, 0.25) is 0 Å². The van der Waals surface area contributed by atoms with Crippen LogP contribution in [0.1, 0.15) is 42.2 Å². The number of nitrogens with one attached hydrogen (secondary N) is 5. The third kappa shape index (κ3) is 4.36. The molecular formula is C26H21F6N7O6. The standard InChI is InChI=1S/C26H21F6N7O6/c27-25(28,29)10-5-6-14(26(30,31)32)13(7-10)20(42)45-16-9-39-22(34)35-15(17-23(39,24(16,43)44)37-21(33)36-17)8-38-18(40)11-3-1-2-4-12(11)19(38)41/h1-7,15-17,43-44H,8-9H2,(H2,34,35)(H3,33,36,37)/t15?,16-,17?,23?/m0/s1. The van der Waals surface area contributed by atoms with E-state index in [0.29, 0.717) is 0 Å². The van der Waals surface area contributed by atoms with Crippen LogP contribution in [0.15, 0.2) is 42.5 Å². The fourth-order valence-corrected chi connectivity index (χ4v) is 6.20. The van der Waals surface area contributed by atoms with E-state index in [-0.39, 0.29) is 29.3 Å². The molecule has 3 unspecified atom stereocenters. The van der Waals surface area contributed by atoms with E-state index in [0.717, 1.165) is 9.80 Å².